The van der Waals surface area contributed by atoms with E-state index in [1.807, 2.05) is 0 Å². The van der Waals surface area contributed by atoms with Gasteiger partial charge in [-0.1, -0.05) is 49.5 Å². The molecular weight excluding hydrogens is 266 g/mol. The van der Waals surface area contributed by atoms with Crippen molar-refractivity contribution < 1.29 is 0 Å². The van der Waals surface area contributed by atoms with E-state index in [2.05, 4.69) is 47.1 Å². The van der Waals surface area contributed by atoms with Crippen LogP contribution in [0.4, 0.5) is 0 Å². The Bertz CT molecular complexity index is 413. The minimum absolute atomic E-state index is 0.279. The molecule has 1 aromatic carbocycles. The summed E-state index contributed by atoms with van der Waals surface area (Å²) in [4.78, 5) is 5.61. The van der Waals surface area contributed by atoms with Gasteiger partial charge in [-0.15, -0.1) is 0 Å². The zero-order chi connectivity index (χ0) is 14.4. The lowest BCUT2D eigenvalue weighted by Crippen LogP contribution is -2.53. The fraction of sp³-hybridized carbons (Fsp3) is 0.562. The highest BCUT2D eigenvalue weighted by molar-refractivity contribution is 7.80. The van der Waals surface area contributed by atoms with Crippen molar-refractivity contribution in [3.63, 3.8) is 0 Å². The molecule has 1 heterocycles. The van der Waals surface area contributed by atoms with Crippen LogP contribution in [-0.4, -0.2) is 53.6 Å². The van der Waals surface area contributed by atoms with Gasteiger partial charge in [-0.25, -0.2) is 0 Å². The van der Waals surface area contributed by atoms with E-state index >= 15 is 0 Å². The molecule has 1 fully saturated rings. The number of thiocarbonyl (C=S) groups is 1. The van der Waals surface area contributed by atoms with Crippen LogP contribution < -0.4 is 5.73 Å². The zero-order valence-electron chi connectivity index (χ0n) is 12.3. The maximum atomic E-state index is 5.82. The lowest BCUT2D eigenvalue weighted by atomic mass is 10.1. The standard InChI is InChI=1S/C16H25N3S/c1-2-15(16(17)20)19-12-10-18(11-13-19)9-8-14-6-4-3-5-7-14/h3-7,15H,2,8-13H2,1H3,(H2,17,20). The van der Waals surface area contributed by atoms with Crippen molar-refractivity contribution in [2.45, 2.75) is 25.8 Å². The maximum Gasteiger partial charge on any atom is 0.0901 e. The van der Waals surface area contributed by atoms with Crippen LogP contribution in [0.1, 0.15) is 18.9 Å². The Morgan fingerprint density at radius 1 is 1.20 bits per heavy atom. The summed E-state index contributed by atoms with van der Waals surface area (Å²) in [5.41, 5.74) is 7.24. The summed E-state index contributed by atoms with van der Waals surface area (Å²) in [5.74, 6) is 0. The van der Waals surface area contributed by atoms with E-state index in [4.69, 9.17) is 18.0 Å². The summed E-state index contributed by atoms with van der Waals surface area (Å²) in [6.07, 6.45) is 2.15. The monoisotopic (exact) mass is 291 g/mol. The number of nitrogens with two attached hydrogens (primary N) is 1. The summed E-state index contributed by atoms with van der Waals surface area (Å²) in [6.45, 7) is 7.68. The number of hydrogen-bond acceptors (Lipinski definition) is 3. The van der Waals surface area contributed by atoms with Gasteiger partial charge in [0, 0.05) is 32.7 Å². The molecule has 20 heavy (non-hydrogen) atoms. The van der Waals surface area contributed by atoms with E-state index in [0.717, 1.165) is 45.6 Å². The van der Waals surface area contributed by atoms with Gasteiger partial charge in [0.05, 0.1) is 11.0 Å². The van der Waals surface area contributed by atoms with Gasteiger partial charge in [-0.3, -0.25) is 4.90 Å². The Balaban J connectivity index is 1.75. The minimum Gasteiger partial charge on any atom is -0.392 e. The van der Waals surface area contributed by atoms with Crippen molar-refractivity contribution in [1.82, 2.24) is 9.80 Å². The fourth-order valence-corrected chi connectivity index (χ4v) is 3.19. The summed E-state index contributed by atoms with van der Waals surface area (Å²) >= 11 is 5.16. The van der Waals surface area contributed by atoms with E-state index in [1.165, 1.54) is 5.56 Å². The van der Waals surface area contributed by atoms with Gasteiger partial charge in [0.2, 0.25) is 0 Å². The van der Waals surface area contributed by atoms with E-state index in [-0.39, 0.29) is 6.04 Å². The lowest BCUT2D eigenvalue weighted by Gasteiger charge is -2.38. The first-order valence-electron chi connectivity index (χ1n) is 7.50. The third-order valence-corrected chi connectivity index (χ3v) is 4.39. The van der Waals surface area contributed by atoms with E-state index in [1.54, 1.807) is 0 Å². The largest absolute Gasteiger partial charge is 0.392 e. The van der Waals surface area contributed by atoms with Gasteiger partial charge in [0.15, 0.2) is 0 Å². The average Bonchev–Trinajstić information content (AvgIpc) is 2.48. The first-order chi connectivity index (χ1) is 9.70. The molecule has 1 saturated heterocycles. The van der Waals surface area contributed by atoms with Crippen LogP contribution in [0.15, 0.2) is 30.3 Å². The molecule has 0 amide bonds. The molecule has 110 valence electrons. The first kappa shape index (κ1) is 15.4. The molecule has 1 aliphatic heterocycles. The van der Waals surface area contributed by atoms with Gasteiger partial charge < -0.3 is 10.6 Å². The molecule has 0 spiro atoms. The molecule has 1 unspecified atom stereocenters. The molecule has 1 atom stereocenters. The molecule has 0 bridgehead atoms. The van der Waals surface area contributed by atoms with Crippen LogP contribution in [-0.2, 0) is 6.42 Å². The highest BCUT2D eigenvalue weighted by Gasteiger charge is 2.23. The zero-order valence-corrected chi connectivity index (χ0v) is 13.1. The molecule has 4 heteroatoms. The van der Waals surface area contributed by atoms with Crippen molar-refractivity contribution in [3.05, 3.63) is 35.9 Å². The van der Waals surface area contributed by atoms with Crippen LogP contribution in [0.2, 0.25) is 0 Å². The van der Waals surface area contributed by atoms with E-state index in [0.29, 0.717) is 4.99 Å². The number of hydrogen-bond donors (Lipinski definition) is 1. The molecule has 0 aliphatic carbocycles. The third-order valence-electron chi connectivity index (χ3n) is 4.12. The molecular formula is C16H25N3S. The third kappa shape index (κ3) is 4.27. The van der Waals surface area contributed by atoms with Crippen molar-refractivity contribution in [2.24, 2.45) is 5.73 Å². The molecule has 0 aromatic heterocycles. The van der Waals surface area contributed by atoms with Crippen molar-refractivity contribution in [1.29, 1.82) is 0 Å². The van der Waals surface area contributed by atoms with Crippen LogP contribution >= 0.6 is 12.2 Å². The molecule has 3 nitrogen and oxygen atoms in total. The van der Waals surface area contributed by atoms with Gasteiger partial charge in [0.1, 0.15) is 0 Å². The van der Waals surface area contributed by atoms with Gasteiger partial charge in [0.25, 0.3) is 0 Å². The number of piperazine rings is 1. The van der Waals surface area contributed by atoms with Crippen LogP contribution in [0.3, 0.4) is 0 Å². The van der Waals surface area contributed by atoms with Gasteiger partial charge in [-0.2, -0.15) is 0 Å². The van der Waals surface area contributed by atoms with Crippen molar-refractivity contribution in [3.8, 4) is 0 Å². The second-order valence-corrected chi connectivity index (χ2v) is 5.91. The Kier molecular flexibility index (Phi) is 5.95. The average molecular weight is 291 g/mol. The Labute approximate surface area is 127 Å². The lowest BCUT2D eigenvalue weighted by molar-refractivity contribution is 0.117. The second-order valence-electron chi connectivity index (χ2n) is 5.44. The summed E-state index contributed by atoms with van der Waals surface area (Å²) in [5, 5.41) is 0. The Morgan fingerprint density at radius 2 is 1.85 bits per heavy atom. The quantitative estimate of drug-likeness (QED) is 0.812. The van der Waals surface area contributed by atoms with Gasteiger partial charge >= 0.3 is 0 Å². The topological polar surface area (TPSA) is 32.5 Å². The van der Waals surface area contributed by atoms with Crippen LogP contribution in [0.25, 0.3) is 0 Å². The first-order valence-corrected chi connectivity index (χ1v) is 7.91. The molecule has 0 saturated carbocycles. The predicted molar refractivity (Wildman–Crippen MR) is 89.0 cm³/mol. The Hall–Kier alpha value is -0.970. The SMILES string of the molecule is CCC(C(N)=S)N1CCN(CCc2ccccc2)CC1. The van der Waals surface area contributed by atoms with Gasteiger partial charge in [-0.05, 0) is 18.4 Å². The number of benzene rings is 1. The molecule has 0 radical (unpaired) electrons. The van der Waals surface area contributed by atoms with Crippen molar-refractivity contribution in [2.75, 3.05) is 32.7 Å². The van der Waals surface area contributed by atoms with E-state index in [9.17, 15) is 0 Å². The second kappa shape index (κ2) is 7.72. The minimum atomic E-state index is 0.279. The smallest absolute Gasteiger partial charge is 0.0901 e. The molecule has 2 rings (SSSR count). The highest BCUT2D eigenvalue weighted by Crippen LogP contribution is 2.10. The van der Waals surface area contributed by atoms with E-state index < -0.39 is 0 Å². The number of rotatable bonds is 6. The summed E-state index contributed by atoms with van der Waals surface area (Å²) in [7, 11) is 0. The molecule has 2 N–H and O–H groups in total. The highest BCUT2D eigenvalue weighted by atomic mass is 32.1. The number of nitrogens with zero attached hydrogens (tertiary/aromatic N) is 2. The summed E-state index contributed by atoms with van der Waals surface area (Å²) in [6, 6.07) is 11.0. The normalized spacial score (nSPS) is 18.9. The van der Waals surface area contributed by atoms with Crippen LogP contribution in [0, 0.1) is 0 Å². The molecule has 1 aromatic rings. The molecule has 1 aliphatic rings. The Morgan fingerprint density at radius 3 is 2.40 bits per heavy atom. The fourth-order valence-electron chi connectivity index (χ4n) is 2.87. The predicted octanol–water partition coefficient (Wildman–Crippen LogP) is 1.91. The van der Waals surface area contributed by atoms with Crippen molar-refractivity contribution >= 4 is 17.2 Å². The maximum absolute atomic E-state index is 5.82. The van der Waals surface area contributed by atoms with Crippen LogP contribution in [0.5, 0.6) is 0 Å². The summed E-state index contributed by atoms with van der Waals surface area (Å²) < 4.78 is 0.